The van der Waals surface area contributed by atoms with Gasteiger partial charge in [0.15, 0.2) is 0 Å². The molecule has 0 saturated heterocycles. The zero-order valence-electron chi connectivity index (χ0n) is 20.7. The fourth-order valence-electron chi connectivity index (χ4n) is 3.18. The number of rotatable bonds is 21. The molecule has 0 unspecified atom stereocenters. The molecule has 9 N–H and O–H groups in total. The Hall–Kier alpha value is -3.07. The van der Waals surface area contributed by atoms with Crippen molar-refractivity contribution in [3.8, 4) is 0 Å². The van der Waals surface area contributed by atoms with Crippen molar-refractivity contribution in [1.29, 1.82) is 0 Å². The predicted molar refractivity (Wildman–Crippen MR) is 131 cm³/mol. The maximum Gasteiger partial charge on any atom is 0.317 e. The van der Waals surface area contributed by atoms with Gasteiger partial charge in [-0.3, -0.25) is 43.5 Å². The van der Waals surface area contributed by atoms with Crippen molar-refractivity contribution in [3.63, 3.8) is 0 Å². The minimum absolute atomic E-state index is 0.0897. The summed E-state index contributed by atoms with van der Waals surface area (Å²) in [4.78, 5) is 72.5. The largest absolute Gasteiger partial charge is 0.480 e. The molecule has 0 aliphatic rings. The van der Waals surface area contributed by atoms with E-state index in [0.717, 1.165) is 9.80 Å². The number of aliphatic carboxylic acids is 4. The number of nitrogens with zero attached hydrogens (tertiary/aromatic N) is 3. The highest BCUT2D eigenvalue weighted by Gasteiger charge is 2.28. The van der Waals surface area contributed by atoms with Crippen LogP contribution in [-0.2, 0) is 28.8 Å². The minimum Gasteiger partial charge on any atom is -0.480 e. The monoisotopic (exact) mass is 573 g/mol. The standard InChI is InChI=1S/C19H35N5O13S/c1-2-20-19(34)13(12-38(35,36)37)21-14(25)7-23(9-16(28)29)5-3-22(8-15(26)27)4-6-24(10-17(30)31)11-18(32)33/h13,35-37H,2-12H2,1H3,(H,20,34)(H,21,25)(H,26,27)(H,28,29)(H,30,31)(H,32,33)/t13-/m1/s1. The zero-order chi connectivity index (χ0) is 29.5. The molecule has 0 aliphatic heterocycles. The highest BCUT2D eigenvalue weighted by Crippen LogP contribution is 2.33. The van der Waals surface area contributed by atoms with E-state index in [1.165, 1.54) is 4.90 Å². The Labute approximate surface area is 219 Å². The van der Waals surface area contributed by atoms with Crippen molar-refractivity contribution >= 4 is 46.6 Å². The van der Waals surface area contributed by atoms with Gasteiger partial charge in [-0.15, -0.1) is 0 Å². The molecule has 0 aliphatic carbocycles. The third kappa shape index (κ3) is 18.2. The van der Waals surface area contributed by atoms with E-state index >= 15 is 0 Å². The first-order valence-corrected chi connectivity index (χ1v) is 12.8. The molecule has 0 bridgehead atoms. The van der Waals surface area contributed by atoms with E-state index in [9.17, 15) is 52.6 Å². The van der Waals surface area contributed by atoms with Crippen LogP contribution < -0.4 is 10.6 Å². The number of carboxylic acid groups (broad SMARTS) is 4. The first kappa shape index (κ1) is 34.9. The van der Waals surface area contributed by atoms with E-state index in [1.807, 2.05) is 0 Å². The van der Waals surface area contributed by atoms with Crippen molar-refractivity contribution in [3.05, 3.63) is 0 Å². The molecule has 0 aromatic heterocycles. The van der Waals surface area contributed by atoms with Crippen molar-refractivity contribution in [2.45, 2.75) is 13.0 Å². The Morgan fingerprint density at radius 2 is 1.03 bits per heavy atom. The summed E-state index contributed by atoms with van der Waals surface area (Å²) >= 11 is 0. The molecular weight excluding hydrogens is 538 g/mol. The third-order valence-corrected chi connectivity index (χ3v) is 5.44. The van der Waals surface area contributed by atoms with Gasteiger partial charge < -0.3 is 44.7 Å². The molecule has 220 valence electrons. The molecule has 0 aromatic rings. The molecule has 19 heteroatoms. The predicted octanol–water partition coefficient (Wildman–Crippen LogP) is -2.92. The SMILES string of the molecule is CCNC(=O)[C@@H](CS(O)(O)O)NC(=O)CN(CCN(CCN(CC(=O)O)CC(=O)O)CC(=O)O)CC(=O)O. The zero-order valence-corrected chi connectivity index (χ0v) is 21.5. The quantitative estimate of drug-likeness (QED) is 0.0664. The van der Waals surface area contributed by atoms with Crippen molar-refractivity contribution in [2.24, 2.45) is 0 Å². The second-order valence-corrected chi connectivity index (χ2v) is 9.68. The summed E-state index contributed by atoms with van der Waals surface area (Å²) in [5.74, 6) is -7.79. The normalized spacial score (nSPS) is 12.8. The number of hydrogen-bond acceptors (Lipinski definition) is 12. The summed E-state index contributed by atoms with van der Waals surface area (Å²) in [6.45, 7) is -1.84. The maximum atomic E-state index is 12.5. The fourth-order valence-corrected chi connectivity index (χ4v) is 3.86. The Bertz CT molecular complexity index is 822. The third-order valence-electron chi connectivity index (χ3n) is 4.66. The maximum absolute atomic E-state index is 12.5. The van der Waals surface area contributed by atoms with Gasteiger partial charge in [0.2, 0.25) is 11.8 Å². The molecule has 2 amide bonds. The van der Waals surface area contributed by atoms with Crippen LogP contribution in [0.2, 0.25) is 0 Å². The highest BCUT2D eigenvalue weighted by molar-refractivity contribution is 8.19. The van der Waals surface area contributed by atoms with Gasteiger partial charge in [0.05, 0.1) is 49.3 Å². The van der Waals surface area contributed by atoms with Crippen molar-refractivity contribution in [1.82, 2.24) is 25.3 Å². The lowest BCUT2D eigenvalue weighted by molar-refractivity contribution is -0.143. The number of amides is 2. The average molecular weight is 574 g/mol. The van der Waals surface area contributed by atoms with Crippen molar-refractivity contribution < 1.29 is 62.9 Å². The fraction of sp³-hybridized carbons (Fsp3) is 0.684. The van der Waals surface area contributed by atoms with Crippen LogP contribution in [0.3, 0.4) is 0 Å². The van der Waals surface area contributed by atoms with Gasteiger partial charge in [-0.1, -0.05) is 0 Å². The number of carbonyl (C=O) groups is 6. The number of carbonyl (C=O) groups excluding carboxylic acids is 2. The Balaban J connectivity index is 5.36. The molecule has 0 fully saturated rings. The number of likely N-dealkylation sites (N-methyl/N-ethyl adjacent to an activating group) is 1. The van der Waals surface area contributed by atoms with E-state index in [-0.39, 0.29) is 32.7 Å². The van der Waals surface area contributed by atoms with Crippen LogP contribution >= 0.6 is 10.9 Å². The summed E-state index contributed by atoms with van der Waals surface area (Å²) in [6.07, 6.45) is 0. The smallest absolute Gasteiger partial charge is 0.317 e. The van der Waals surface area contributed by atoms with Gasteiger partial charge in [0.1, 0.15) is 6.04 Å². The lowest BCUT2D eigenvalue weighted by Crippen LogP contribution is -2.53. The van der Waals surface area contributed by atoms with Crippen LogP contribution in [0, 0.1) is 0 Å². The van der Waals surface area contributed by atoms with Gasteiger partial charge in [0.25, 0.3) is 0 Å². The summed E-state index contributed by atoms with van der Waals surface area (Å²) in [7, 11) is -4.16. The molecule has 0 aromatic carbocycles. The molecule has 0 saturated carbocycles. The van der Waals surface area contributed by atoms with E-state index in [2.05, 4.69) is 10.6 Å². The highest BCUT2D eigenvalue weighted by atomic mass is 32.3. The second kappa shape index (κ2) is 17.4. The van der Waals surface area contributed by atoms with Crippen LogP contribution in [0.15, 0.2) is 0 Å². The van der Waals surface area contributed by atoms with Crippen LogP contribution in [0.25, 0.3) is 0 Å². The number of hydrogen-bond donors (Lipinski definition) is 9. The summed E-state index contributed by atoms with van der Waals surface area (Å²) in [6, 6.07) is -1.54. The van der Waals surface area contributed by atoms with E-state index < -0.39 is 91.1 Å². The van der Waals surface area contributed by atoms with Crippen molar-refractivity contribution in [2.75, 3.05) is 71.2 Å². The van der Waals surface area contributed by atoms with Crippen LogP contribution in [0.1, 0.15) is 6.92 Å². The van der Waals surface area contributed by atoms with E-state index in [4.69, 9.17) is 10.2 Å². The van der Waals surface area contributed by atoms with Crippen LogP contribution in [0.5, 0.6) is 0 Å². The van der Waals surface area contributed by atoms with Crippen LogP contribution in [0.4, 0.5) is 0 Å². The summed E-state index contributed by atoms with van der Waals surface area (Å²) in [5.41, 5.74) is 0. The lowest BCUT2D eigenvalue weighted by atomic mass is 10.3. The van der Waals surface area contributed by atoms with Gasteiger partial charge >= 0.3 is 23.9 Å². The second-order valence-electron chi connectivity index (χ2n) is 8.09. The molecule has 0 spiro atoms. The van der Waals surface area contributed by atoms with Gasteiger partial charge in [-0.2, -0.15) is 0 Å². The molecule has 38 heavy (non-hydrogen) atoms. The minimum atomic E-state index is -4.16. The van der Waals surface area contributed by atoms with E-state index in [0.29, 0.717) is 0 Å². The molecule has 0 heterocycles. The van der Waals surface area contributed by atoms with Gasteiger partial charge in [0, 0.05) is 32.7 Å². The first-order chi connectivity index (χ1) is 17.5. The Morgan fingerprint density at radius 1 is 0.658 bits per heavy atom. The molecule has 0 rings (SSSR count). The lowest BCUT2D eigenvalue weighted by Gasteiger charge is -2.28. The summed E-state index contributed by atoms with van der Waals surface area (Å²) in [5, 5.41) is 40.8. The number of carboxylic acids is 4. The average Bonchev–Trinajstić information content (AvgIpc) is 2.72. The molecule has 1 atom stereocenters. The first-order valence-electron chi connectivity index (χ1n) is 11.1. The Kier molecular flexibility index (Phi) is 16.0. The molecule has 18 nitrogen and oxygen atoms in total. The van der Waals surface area contributed by atoms with Gasteiger partial charge in [-0.05, 0) is 6.92 Å². The topological polar surface area (TPSA) is 278 Å². The van der Waals surface area contributed by atoms with E-state index in [1.54, 1.807) is 6.92 Å². The molecular formula is C19H35N5O13S. The number of nitrogens with one attached hydrogen (secondary N) is 2. The molecule has 0 radical (unpaired) electrons. The van der Waals surface area contributed by atoms with Gasteiger partial charge in [-0.25, -0.2) is 0 Å². The summed E-state index contributed by atoms with van der Waals surface area (Å²) < 4.78 is 27.8. The Morgan fingerprint density at radius 3 is 1.39 bits per heavy atom. The van der Waals surface area contributed by atoms with Crippen LogP contribution in [-0.4, -0.2) is 162 Å².